The van der Waals surface area contributed by atoms with Gasteiger partial charge in [-0.1, -0.05) is 0 Å². The van der Waals surface area contributed by atoms with Crippen LogP contribution in [0, 0.1) is 0 Å². The van der Waals surface area contributed by atoms with E-state index >= 15 is 0 Å². The lowest BCUT2D eigenvalue weighted by molar-refractivity contribution is -0.124. The minimum atomic E-state index is -0.316. The summed E-state index contributed by atoms with van der Waals surface area (Å²) in [4.78, 5) is 18.3. The lowest BCUT2D eigenvalue weighted by atomic mass is 10.2. The normalized spacial score (nSPS) is 18.3. The van der Waals surface area contributed by atoms with Gasteiger partial charge in [0.2, 0.25) is 0 Å². The van der Waals surface area contributed by atoms with Crippen LogP contribution in [0.1, 0.15) is 26.7 Å². The number of ether oxygens (including phenoxy) is 1. The standard InChI is InChI=1S/C14H21N3O2/c1-3-17(4-2)11-7-8-13(15-10-11)16-14(18)12-6-5-9-19-12/h7-8,10,12H,3-6,9H2,1-2H3,(H,15,16,18). The molecule has 0 bridgehead atoms. The van der Waals surface area contributed by atoms with Crippen molar-refractivity contribution in [2.24, 2.45) is 0 Å². The summed E-state index contributed by atoms with van der Waals surface area (Å²) in [6, 6.07) is 3.81. The number of carbonyl (C=O) groups excluding carboxylic acids is 1. The van der Waals surface area contributed by atoms with Crippen molar-refractivity contribution in [3.05, 3.63) is 18.3 Å². The second-order valence-corrected chi connectivity index (χ2v) is 4.56. The smallest absolute Gasteiger partial charge is 0.254 e. The maximum atomic E-state index is 11.9. The molecule has 1 fully saturated rings. The van der Waals surface area contributed by atoms with Crippen LogP contribution in [0.3, 0.4) is 0 Å². The molecule has 1 aliphatic heterocycles. The van der Waals surface area contributed by atoms with Crippen LogP contribution >= 0.6 is 0 Å². The topological polar surface area (TPSA) is 54.5 Å². The average Bonchev–Trinajstić information content (AvgIpc) is 2.96. The maximum Gasteiger partial charge on any atom is 0.254 e. The number of carbonyl (C=O) groups is 1. The van der Waals surface area contributed by atoms with Crippen molar-refractivity contribution in [3.63, 3.8) is 0 Å². The molecule has 1 aliphatic rings. The van der Waals surface area contributed by atoms with E-state index < -0.39 is 0 Å². The van der Waals surface area contributed by atoms with Gasteiger partial charge in [-0.2, -0.15) is 0 Å². The van der Waals surface area contributed by atoms with Crippen molar-refractivity contribution in [2.75, 3.05) is 29.9 Å². The summed E-state index contributed by atoms with van der Waals surface area (Å²) >= 11 is 0. The van der Waals surface area contributed by atoms with Crippen molar-refractivity contribution in [3.8, 4) is 0 Å². The Balaban J connectivity index is 1.96. The molecule has 0 aliphatic carbocycles. The first-order chi connectivity index (χ1) is 9.24. The summed E-state index contributed by atoms with van der Waals surface area (Å²) in [5.41, 5.74) is 1.07. The number of amides is 1. The van der Waals surface area contributed by atoms with Gasteiger partial charge >= 0.3 is 0 Å². The van der Waals surface area contributed by atoms with Gasteiger partial charge in [0.25, 0.3) is 5.91 Å². The van der Waals surface area contributed by atoms with E-state index in [1.807, 2.05) is 12.1 Å². The zero-order valence-electron chi connectivity index (χ0n) is 11.6. The van der Waals surface area contributed by atoms with Gasteiger partial charge in [-0.3, -0.25) is 4.79 Å². The van der Waals surface area contributed by atoms with E-state index in [9.17, 15) is 4.79 Å². The van der Waals surface area contributed by atoms with E-state index in [2.05, 4.69) is 29.0 Å². The minimum Gasteiger partial charge on any atom is -0.371 e. The number of nitrogens with one attached hydrogen (secondary N) is 1. The molecule has 1 aromatic rings. The van der Waals surface area contributed by atoms with Crippen LogP contribution in [-0.4, -0.2) is 36.7 Å². The molecule has 1 atom stereocenters. The number of rotatable bonds is 5. The number of pyridine rings is 1. The maximum absolute atomic E-state index is 11.9. The number of hydrogen-bond donors (Lipinski definition) is 1. The predicted octanol–water partition coefficient (Wildman–Crippen LogP) is 2.05. The number of anilines is 2. The first kappa shape index (κ1) is 13.8. The summed E-state index contributed by atoms with van der Waals surface area (Å²) in [5, 5.41) is 2.79. The molecule has 5 nitrogen and oxygen atoms in total. The van der Waals surface area contributed by atoms with E-state index in [0.29, 0.717) is 12.4 Å². The van der Waals surface area contributed by atoms with Crippen LogP contribution in [0.4, 0.5) is 11.5 Å². The molecule has 2 rings (SSSR count). The molecule has 0 spiro atoms. The molecule has 1 aromatic heterocycles. The molecule has 1 amide bonds. The molecule has 104 valence electrons. The molecule has 2 heterocycles. The Hall–Kier alpha value is -1.62. The van der Waals surface area contributed by atoms with Gasteiger partial charge in [-0.25, -0.2) is 4.98 Å². The summed E-state index contributed by atoms with van der Waals surface area (Å²) in [6.45, 7) is 6.78. The van der Waals surface area contributed by atoms with Crippen molar-refractivity contribution < 1.29 is 9.53 Å². The average molecular weight is 263 g/mol. The van der Waals surface area contributed by atoms with Crippen molar-refractivity contribution in [2.45, 2.75) is 32.8 Å². The summed E-state index contributed by atoms with van der Waals surface area (Å²) < 4.78 is 5.34. The highest BCUT2D eigenvalue weighted by molar-refractivity contribution is 5.93. The van der Waals surface area contributed by atoms with Crippen LogP contribution in [-0.2, 0) is 9.53 Å². The van der Waals surface area contributed by atoms with E-state index in [1.54, 1.807) is 6.20 Å². The van der Waals surface area contributed by atoms with Gasteiger partial charge in [0, 0.05) is 19.7 Å². The minimum absolute atomic E-state index is 0.0967. The van der Waals surface area contributed by atoms with E-state index in [-0.39, 0.29) is 12.0 Å². The third-order valence-electron chi connectivity index (χ3n) is 3.35. The fourth-order valence-corrected chi connectivity index (χ4v) is 2.23. The lowest BCUT2D eigenvalue weighted by Crippen LogP contribution is -2.27. The Bertz CT molecular complexity index is 409. The number of nitrogens with zero attached hydrogens (tertiary/aromatic N) is 2. The summed E-state index contributed by atoms with van der Waals surface area (Å²) in [5.74, 6) is 0.483. The monoisotopic (exact) mass is 263 g/mol. The highest BCUT2D eigenvalue weighted by atomic mass is 16.5. The van der Waals surface area contributed by atoms with Gasteiger partial charge in [0.1, 0.15) is 11.9 Å². The van der Waals surface area contributed by atoms with Crippen molar-refractivity contribution in [1.82, 2.24) is 4.98 Å². The Morgan fingerprint density at radius 1 is 1.47 bits per heavy atom. The van der Waals surface area contributed by atoms with Crippen molar-refractivity contribution >= 4 is 17.4 Å². The lowest BCUT2D eigenvalue weighted by Gasteiger charge is -2.20. The summed E-state index contributed by atoms with van der Waals surface area (Å²) in [6.07, 6.45) is 3.22. The van der Waals surface area contributed by atoms with E-state index in [4.69, 9.17) is 4.74 Å². The second kappa shape index (κ2) is 6.52. The Morgan fingerprint density at radius 2 is 2.26 bits per heavy atom. The van der Waals surface area contributed by atoms with Gasteiger partial charge in [-0.05, 0) is 38.8 Å². The zero-order chi connectivity index (χ0) is 13.7. The molecule has 0 radical (unpaired) electrons. The highest BCUT2D eigenvalue weighted by Gasteiger charge is 2.23. The first-order valence-corrected chi connectivity index (χ1v) is 6.88. The van der Waals surface area contributed by atoms with Gasteiger partial charge in [0.15, 0.2) is 0 Å². The molecule has 5 heteroatoms. The number of hydrogen-bond acceptors (Lipinski definition) is 4. The Labute approximate surface area is 114 Å². The van der Waals surface area contributed by atoms with Crippen LogP contribution < -0.4 is 10.2 Å². The van der Waals surface area contributed by atoms with E-state index in [1.165, 1.54) is 0 Å². The quantitative estimate of drug-likeness (QED) is 0.883. The van der Waals surface area contributed by atoms with E-state index in [0.717, 1.165) is 31.6 Å². The largest absolute Gasteiger partial charge is 0.371 e. The van der Waals surface area contributed by atoms with Gasteiger partial charge < -0.3 is 15.0 Å². The molecule has 1 saturated heterocycles. The summed E-state index contributed by atoms with van der Waals surface area (Å²) in [7, 11) is 0. The highest BCUT2D eigenvalue weighted by Crippen LogP contribution is 2.17. The molecular formula is C14H21N3O2. The Kier molecular flexibility index (Phi) is 4.74. The predicted molar refractivity (Wildman–Crippen MR) is 75.4 cm³/mol. The molecule has 0 saturated carbocycles. The van der Waals surface area contributed by atoms with Crippen molar-refractivity contribution in [1.29, 1.82) is 0 Å². The van der Waals surface area contributed by atoms with Crippen LogP contribution in [0.25, 0.3) is 0 Å². The third kappa shape index (κ3) is 3.44. The Morgan fingerprint density at radius 3 is 2.79 bits per heavy atom. The molecule has 19 heavy (non-hydrogen) atoms. The molecule has 1 N–H and O–H groups in total. The van der Waals surface area contributed by atoms with Crippen LogP contribution in [0.5, 0.6) is 0 Å². The van der Waals surface area contributed by atoms with Crippen LogP contribution in [0.2, 0.25) is 0 Å². The SMILES string of the molecule is CCN(CC)c1ccc(NC(=O)C2CCCO2)nc1. The van der Waals surface area contributed by atoms with Crippen LogP contribution in [0.15, 0.2) is 18.3 Å². The van der Waals surface area contributed by atoms with Gasteiger partial charge in [-0.15, -0.1) is 0 Å². The first-order valence-electron chi connectivity index (χ1n) is 6.88. The fraction of sp³-hybridized carbons (Fsp3) is 0.571. The fourth-order valence-electron chi connectivity index (χ4n) is 2.23. The molecular weight excluding hydrogens is 242 g/mol. The third-order valence-corrected chi connectivity index (χ3v) is 3.35. The zero-order valence-corrected chi connectivity index (χ0v) is 11.6. The van der Waals surface area contributed by atoms with Gasteiger partial charge in [0.05, 0.1) is 11.9 Å². The second-order valence-electron chi connectivity index (χ2n) is 4.56. The number of aromatic nitrogens is 1. The molecule has 1 unspecified atom stereocenters. The molecule has 0 aromatic carbocycles.